The quantitative estimate of drug-likeness (QED) is 0.207. The highest BCUT2D eigenvalue weighted by molar-refractivity contribution is 7.08. The van der Waals surface area contributed by atoms with Crippen LogP contribution in [0.1, 0.15) is 56.1 Å². The Balaban J connectivity index is 1.39. The second-order valence-corrected chi connectivity index (χ2v) is 11.1. The lowest BCUT2D eigenvalue weighted by Gasteiger charge is -2.45. The number of nitrogens with zero attached hydrogens (tertiary/aromatic N) is 1. The molecule has 1 aromatic heterocycles. The van der Waals surface area contributed by atoms with E-state index in [1.807, 2.05) is 34.9 Å². The van der Waals surface area contributed by atoms with Gasteiger partial charge in [-0.25, -0.2) is 0 Å². The number of carbonyl (C=O) groups is 1. The number of aryl methyl sites for hydroxylation is 1. The molecule has 0 spiro atoms. The predicted octanol–water partition coefficient (Wildman–Crippen LogP) is 4.55. The number of benzene rings is 1. The third kappa shape index (κ3) is 7.09. The zero-order valence-corrected chi connectivity index (χ0v) is 21.3. The van der Waals surface area contributed by atoms with Crippen LogP contribution in [0.4, 0.5) is 0 Å². The van der Waals surface area contributed by atoms with Gasteiger partial charge in [-0.2, -0.15) is 11.3 Å². The van der Waals surface area contributed by atoms with Crippen molar-refractivity contribution in [3.05, 3.63) is 52.2 Å². The van der Waals surface area contributed by atoms with Gasteiger partial charge in [0.25, 0.3) is 0 Å². The minimum atomic E-state index is -0.818. The highest BCUT2D eigenvalue weighted by atomic mass is 32.1. The van der Waals surface area contributed by atoms with E-state index in [-0.39, 0.29) is 29.4 Å². The van der Waals surface area contributed by atoms with Crippen molar-refractivity contribution in [3.8, 4) is 11.5 Å². The number of phenolic OH excluding ortho intramolecular Hbond substituents is 2. The molecule has 0 saturated heterocycles. The zero-order chi connectivity index (χ0) is 24.8. The first-order valence-electron chi connectivity index (χ1n) is 12.7. The van der Waals surface area contributed by atoms with Crippen molar-refractivity contribution in [1.29, 1.82) is 0 Å². The Labute approximate surface area is 212 Å². The van der Waals surface area contributed by atoms with E-state index >= 15 is 0 Å². The lowest BCUT2D eigenvalue weighted by Crippen LogP contribution is -2.50. The molecule has 190 valence electrons. The molecular formula is C28H38N2O4S. The van der Waals surface area contributed by atoms with Crippen LogP contribution in [0.5, 0.6) is 11.5 Å². The van der Waals surface area contributed by atoms with Crippen LogP contribution in [0.3, 0.4) is 0 Å². The number of phenols is 2. The number of rotatable bonds is 11. The Hall–Kier alpha value is -2.35. The highest BCUT2D eigenvalue weighted by Crippen LogP contribution is 2.41. The van der Waals surface area contributed by atoms with Gasteiger partial charge in [-0.3, -0.25) is 4.79 Å². The third-order valence-corrected chi connectivity index (χ3v) is 8.47. The van der Waals surface area contributed by atoms with Gasteiger partial charge in [0.05, 0.1) is 5.60 Å². The first-order chi connectivity index (χ1) is 16.8. The van der Waals surface area contributed by atoms with E-state index in [4.69, 9.17) is 0 Å². The summed E-state index contributed by atoms with van der Waals surface area (Å²) < 4.78 is 0. The van der Waals surface area contributed by atoms with Crippen molar-refractivity contribution < 1.29 is 20.1 Å². The Morgan fingerprint density at radius 3 is 2.77 bits per heavy atom. The van der Waals surface area contributed by atoms with Crippen LogP contribution in [-0.4, -0.2) is 57.9 Å². The maximum Gasteiger partial charge on any atom is 0.246 e. The molecule has 0 radical (unpaired) electrons. The SMILES string of the molecule is CN(C(=O)/C=C/c1ccsc1)C1CCC(O)(CCc2ccc(O)c(O)c2)C(CCNCC2CC2)C1. The summed E-state index contributed by atoms with van der Waals surface area (Å²) in [4.78, 5) is 14.7. The lowest BCUT2D eigenvalue weighted by atomic mass is 9.69. The van der Waals surface area contributed by atoms with Crippen molar-refractivity contribution in [3.63, 3.8) is 0 Å². The topological polar surface area (TPSA) is 93.0 Å². The van der Waals surface area contributed by atoms with Gasteiger partial charge in [-0.1, -0.05) is 6.07 Å². The minimum Gasteiger partial charge on any atom is -0.504 e. The predicted molar refractivity (Wildman–Crippen MR) is 141 cm³/mol. The van der Waals surface area contributed by atoms with Crippen molar-refractivity contribution in [1.82, 2.24) is 10.2 Å². The molecule has 2 fully saturated rings. The Bertz CT molecular complexity index is 1000. The molecular weight excluding hydrogens is 460 g/mol. The first-order valence-corrected chi connectivity index (χ1v) is 13.7. The molecule has 6 nitrogen and oxygen atoms in total. The summed E-state index contributed by atoms with van der Waals surface area (Å²) in [6.45, 7) is 1.92. The van der Waals surface area contributed by atoms with Gasteiger partial charge >= 0.3 is 0 Å². The van der Waals surface area contributed by atoms with Gasteiger partial charge in [-0.05, 0) is 122 Å². The summed E-state index contributed by atoms with van der Waals surface area (Å²) in [6.07, 6.45) is 10.4. The van der Waals surface area contributed by atoms with Gasteiger partial charge in [0.15, 0.2) is 11.5 Å². The summed E-state index contributed by atoms with van der Waals surface area (Å²) in [5.41, 5.74) is 1.11. The summed E-state index contributed by atoms with van der Waals surface area (Å²) in [6, 6.07) is 6.95. The fourth-order valence-corrected chi connectivity index (χ4v) is 5.81. The normalized spacial score (nSPS) is 24.6. The fraction of sp³-hybridized carbons (Fsp3) is 0.536. The van der Waals surface area contributed by atoms with Crippen LogP contribution in [0, 0.1) is 11.8 Å². The maximum absolute atomic E-state index is 12.8. The van der Waals surface area contributed by atoms with Gasteiger partial charge < -0.3 is 25.5 Å². The molecule has 2 aliphatic carbocycles. The second-order valence-electron chi connectivity index (χ2n) is 10.3. The van der Waals surface area contributed by atoms with Crippen LogP contribution in [0.2, 0.25) is 0 Å². The molecule has 7 heteroatoms. The van der Waals surface area contributed by atoms with Crippen molar-refractivity contribution in [2.24, 2.45) is 11.8 Å². The monoisotopic (exact) mass is 498 g/mol. The zero-order valence-electron chi connectivity index (χ0n) is 20.5. The number of amides is 1. The van der Waals surface area contributed by atoms with E-state index in [1.165, 1.54) is 18.9 Å². The molecule has 1 heterocycles. The summed E-state index contributed by atoms with van der Waals surface area (Å²) in [7, 11) is 1.87. The standard InChI is InChI=1S/C28H38N2O4S/c1-30(27(33)7-5-22-11-15-35-19-22)24-9-13-28(34,12-8-20-4-6-25(31)26(32)16-20)23(17-24)10-14-29-18-21-2-3-21/h4-7,11,15-16,19,21,23-24,29,31-32,34H,2-3,8-10,12-14,17-18H2,1H3/b7-5+. The van der Waals surface area contributed by atoms with Crippen LogP contribution >= 0.6 is 11.3 Å². The fourth-order valence-electron chi connectivity index (χ4n) is 5.18. The van der Waals surface area contributed by atoms with E-state index in [9.17, 15) is 20.1 Å². The Morgan fingerprint density at radius 2 is 2.06 bits per heavy atom. The largest absolute Gasteiger partial charge is 0.504 e. The number of hydrogen-bond acceptors (Lipinski definition) is 6. The molecule has 35 heavy (non-hydrogen) atoms. The number of thiophene rings is 1. The molecule has 0 bridgehead atoms. The third-order valence-electron chi connectivity index (χ3n) is 7.77. The number of aliphatic hydroxyl groups is 1. The number of aromatic hydroxyl groups is 2. The van der Waals surface area contributed by atoms with Crippen LogP contribution in [-0.2, 0) is 11.2 Å². The van der Waals surface area contributed by atoms with Crippen LogP contribution in [0.15, 0.2) is 41.1 Å². The van der Waals surface area contributed by atoms with E-state index in [0.29, 0.717) is 19.3 Å². The molecule has 1 amide bonds. The maximum atomic E-state index is 12.8. The molecule has 2 aliphatic rings. The van der Waals surface area contributed by atoms with Crippen LogP contribution in [0.25, 0.3) is 6.08 Å². The average Bonchev–Trinajstić information content (AvgIpc) is 3.53. The van der Waals surface area contributed by atoms with Gasteiger partial charge in [0.1, 0.15) is 0 Å². The molecule has 4 N–H and O–H groups in total. The van der Waals surface area contributed by atoms with Crippen molar-refractivity contribution in [2.45, 2.75) is 63.0 Å². The second kappa shape index (κ2) is 11.6. The minimum absolute atomic E-state index is 0.00295. The van der Waals surface area contributed by atoms with Gasteiger partial charge in [0, 0.05) is 19.2 Å². The Morgan fingerprint density at radius 1 is 1.23 bits per heavy atom. The lowest BCUT2D eigenvalue weighted by molar-refractivity contribution is -0.131. The van der Waals surface area contributed by atoms with Crippen LogP contribution < -0.4 is 5.32 Å². The molecule has 3 atom stereocenters. The number of nitrogens with one attached hydrogen (secondary N) is 1. The summed E-state index contributed by atoms with van der Waals surface area (Å²) in [5, 5.41) is 38.7. The van der Waals surface area contributed by atoms with E-state index < -0.39 is 5.60 Å². The molecule has 0 aliphatic heterocycles. The molecule has 4 rings (SSSR count). The smallest absolute Gasteiger partial charge is 0.246 e. The van der Waals surface area contributed by atoms with E-state index in [2.05, 4.69) is 5.32 Å². The van der Waals surface area contributed by atoms with E-state index in [1.54, 1.807) is 29.5 Å². The molecule has 1 aromatic carbocycles. The van der Waals surface area contributed by atoms with Gasteiger partial charge in [-0.15, -0.1) is 0 Å². The summed E-state index contributed by atoms with van der Waals surface area (Å²) >= 11 is 1.61. The first kappa shape index (κ1) is 25.7. The Kier molecular flexibility index (Phi) is 8.52. The van der Waals surface area contributed by atoms with Gasteiger partial charge in [0.2, 0.25) is 5.91 Å². The highest BCUT2D eigenvalue weighted by Gasteiger charge is 2.42. The van der Waals surface area contributed by atoms with E-state index in [0.717, 1.165) is 49.4 Å². The van der Waals surface area contributed by atoms with Crippen molar-refractivity contribution in [2.75, 3.05) is 20.1 Å². The molecule has 2 saturated carbocycles. The average molecular weight is 499 g/mol. The molecule has 2 aromatic rings. The number of likely N-dealkylation sites (N-methyl/N-ethyl adjacent to an activating group) is 1. The number of hydrogen-bond donors (Lipinski definition) is 4. The summed E-state index contributed by atoms with van der Waals surface area (Å²) in [5.74, 6) is 0.628. The van der Waals surface area contributed by atoms with Crippen molar-refractivity contribution >= 4 is 23.3 Å². The number of carbonyl (C=O) groups excluding carboxylic acids is 1. The molecule has 3 unspecified atom stereocenters.